The van der Waals surface area contributed by atoms with Gasteiger partial charge in [0.25, 0.3) is 0 Å². The molecule has 1 atom stereocenters. The van der Waals surface area contributed by atoms with E-state index in [4.69, 9.17) is 11.6 Å². The van der Waals surface area contributed by atoms with E-state index >= 15 is 0 Å². The van der Waals surface area contributed by atoms with Gasteiger partial charge in [-0.15, -0.1) is 0 Å². The van der Waals surface area contributed by atoms with E-state index in [1.165, 1.54) is 0 Å². The molecule has 124 valence electrons. The summed E-state index contributed by atoms with van der Waals surface area (Å²) in [7, 11) is 0. The summed E-state index contributed by atoms with van der Waals surface area (Å²) in [6.45, 7) is 0.538. The Morgan fingerprint density at radius 2 is 1.64 bits per heavy atom. The molecule has 1 aromatic rings. The van der Waals surface area contributed by atoms with E-state index in [9.17, 15) is 26.3 Å². The largest absolute Gasteiger partial charge is 0.416 e. The second kappa shape index (κ2) is 6.25. The summed E-state index contributed by atoms with van der Waals surface area (Å²) in [5, 5.41) is 2.34. The zero-order chi connectivity index (χ0) is 16.5. The van der Waals surface area contributed by atoms with Crippen molar-refractivity contribution in [1.82, 2.24) is 10.2 Å². The maximum atomic E-state index is 13.5. The van der Waals surface area contributed by atoms with Gasteiger partial charge in [0.2, 0.25) is 0 Å². The Kier molecular flexibility index (Phi) is 4.93. The average molecular weight is 347 g/mol. The van der Waals surface area contributed by atoms with Crippen LogP contribution in [0.2, 0.25) is 5.02 Å². The summed E-state index contributed by atoms with van der Waals surface area (Å²) >= 11 is 5.71. The quantitative estimate of drug-likeness (QED) is 0.818. The van der Waals surface area contributed by atoms with Gasteiger partial charge < -0.3 is 5.32 Å². The molecule has 1 N–H and O–H groups in total. The maximum absolute atomic E-state index is 13.5. The maximum Gasteiger partial charge on any atom is 0.416 e. The van der Waals surface area contributed by atoms with Gasteiger partial charge in [-0.3, -0.25) is 4.90 Å². The SMILES string of the molecule is FC(F)(F)c1cccc(Cl)c1[C@H](N1CCNCC1)C(F)(F)F. The predicted octanol–water partition coefficient (Wildman–Crippen LogP) is 3.87. The monoisotopic (exact) mass is 346 g/mol. The van der Waals surface area contributed by atoms with Gasteiger partial charge in [-0.2, -0.15) is 26.3 Å². The van der Waals surface area contributed by atoms with E-state index in [1.54, 1.807) is 0 Å². The van der Waals surface area contributed by atoms with Gasteiger partial charge in [0.05, 0.1) is 5.56 Å². The predicted molar refractivity (Wildman–Crippen MR) is 69.7 cm³/mol. The van der Waals surface area contributed by atoms with Gasteiger partial charge in [-0.1, -0.05) is 17.7 Å². The van der Waals surface area contributed by atoms with Crippen LogP contribution < -0.4 is 5.32 Å². The Hall–Kier alpha value is -0.990. The highest BCUT2D eigenvalue weighted by Gasteiger charge is 2.49. The number of hydrogen-bond donors (Lipinski definition) is 1. The lowest BCUT2D eigenvalue weighted by Gasteiger charge is -2.37. The summed E-state index contributed by atoms with van der Waals surface area (Å²) in [6, 6.07) is 0.301. The summed E-state index contributed by atoms with van der Waals surface area (Å²) in [5.41, 5.74) is -2.27. The third-order valence-electron chi connectivity index (χ3n) is 3.46. The van der Waals surface area contributed by atoms with Crippen LogP contribution in [-0.2, 0) is 6.18 Å². The molecular weight excluding hydrogens is 334 g/mol. The van der Waals surface area contributed by atoms with Crippen LogP contribution in [0.1, 0.15) is 17.2 Å². The normalized spacial score (nSPS) is 19.2. The Bertz CT molecular complexity index is 522. The summed E-state index contributed by atoms with van der Waals surface area (Å²) in [6.07, 6.45) is -9.76. The van der Waals surface area contributed by atoms with Gasteiger partial charge >= 0.3 is 12.4 Å². The number of halogens is 7. The Morgan fingerprint density at radius 1 is 1.05 bits per heavy atom. The minimum absolute atomic E-state index is 0.00725. The van der Waals surface area contributed by atoms with Crippen LogP contribution in [0.3, 0.4) is 0 Å². The molecule has 1 aromatic carbocycles. The summed E-state index contributed by atoms with van der Waals surface area (Å²) in [5.74, 6) is 0. The smallest absolute Gasteiger partial charge is 0.314 e. The van der Waals surface area contributed by atoms with E-state index in [1.807, 2.05) is 0 Å². The number of piperazine rings is 1. The second-order valence-electron chi connectivity index (χ2n) is 4.93. The molecule has 1 saturated heterocycles. The van der Waals surface area contributed by atoms with E-state index in [0.717, 1.165) is 17.0 Å². The van der Waals surface area contributed by atoms with E-state index in [-0.39, 0.29) is 26.2 Å². The Labute approximate surface area is 128 Å². The highest BCUT2D eigenvalue weighted by Crippen LogP contribution is 2.46. The van der Waals surface area contributed by atoms with Crippen molar-refractivity contribution < 1.29 is 26.3 Å². The first-order valence-corrected chi connectivity index (χ1v) is 6.87. The zero-order valence-corrected chi connectivity index (χ0v) is 12.0. The lowest BCUT2D eigenvalue weighted by molar-refractivity contribution is -0.190. The van der Waals surface area contributed by atoms with Gasteiger partial charge in [-0.05, 0) is 12.1 Å². The number of benzene rings is 1. The van der Waals surface area contributed by atoms with Crippen LogP contribution in [0.4, 0.5) is 26.3 Å². The third kappa shape index (κ3) is 3.67. The van der Waals surface area contributed by atoms with E-state index in [2.05, 4.69) is 5.32 Å². The van der Waals surface area contributed by atoms with Crippen LogP contribution in [0.15, 0.2) is 18.2 Å². The highest BCUT2D eigenvalue weighted by molar-refractivity contribution is 6.31. The van der Waals surface area contributed by atoms with Gasteiger partial charge in [0.15, 0.2) is 0 Å². The van der Waals surface area contributed by atoms with Crippen molar-refractivity contribution in [3.05, 3.63) is 34.3 Å². The number of rotatable bonds is 2. The molecule has 1 heterocycles. The zero-order valence-electron chi connectivity index (χ0n) is 11.2. The van der Waals surface area contributed by atoms with Crippen molar-refractivity contribution >= 4 is 11.6 Å². The van der Waals surface area contributed by atoms with E-state index < -0.39 is 34.5 Å². The molecule has 0 saturated carbocycles. The lowest BCUT2D eigenvalue weighted by atomic mass is 9.97. The van der Waals surface area contributed by atoms with Crippen LogP contribution in [0.25, 0.3) is 0 Å². The van der Waals surface area contributed by atoms with Crippen LogP contribution >= 0.6 is 11.6 Å². The van der Waals surface area contributed by atoms with E-state index in [0.29, 0.717) is 6.07 Å². The molecule has 0 spiro atoms. The standard InChI is InChI=1S/C13H13ClF6N2/c14-9-3-1-2-8(12(15,16)17)10(9)11(13(18,19)20)22-6-4-21-5-7-22/h1-3,11,21H,4-7H2/t11-/m0/s1. The van der Waals surface area contributed by atoms with Crippen molar-refractivity contribution in [3.63, 3.8) is 0 Å². The molecular formula is C13H13ClF6N2. The second-order valence-corrected chi connectivity index (χ2v) is 5.34. The number of nitrogens with zero attached hydrogens (tertiary/aromatic N) is 1. The fourth-order valence-corrected chi connectivity index (χ4v) is 2.83. The van der Waals surface area contributed by atoms with Crippen molar-refractivity contribution in [2.24, 2.45) is 0 Å². The number of alkyl halides is 6. The average Bonchev–Trinajstić information content (AvgIpc) is 2.39. The van der Waals surface area contributed by atoms with Crippen molar-refractivity contribution in [3.8, 4) is 0 Å². The molecule has 0 amide bonds. The van der Waals surface area contributed by atoms with Crippen molar-refractivity contribution in [2.45, 2.75) is 18.4 Å². The lowest BCUT2D eigenvalue weighted by Crippen LogP contribution is -2.49. The number of hydrogen-bond acceptors (Lipinski definition) is 2. The van der Waals surface area contributed by atoms with Crippen LogP contribution in [-0.4, -0.2) is 37.3 Å². The highest BCUT2D eigenvalue weighted by atomic mass is 35.5. The third-order valence-corrected chi connectivity index (χ3v) is 3.79. The first-order valence-electron chi connectivity index (χ1n) is 6.49. The minimum atomic E-state index is -4.90. The van der Waals surface area contributed by atoms with Gasteiger partial charge in [0, 0.05) is 36.8 Å². The molecule has 0 aromatic heterocycles. The molecule has 0 bridgehead atoms. The molecule has 0 radical (unpaired) electrons. The molecule has 9 heteroatoms. The molecule has 0 aliphatic carbocycles. The molecule has 1 aliphatic rings. The van der Waals surface area contributed by atoms with Gasteiger partial charge in [-0.25, -0.2) is 0 Å². The van der Waals surface area contributed by atoms with Crippen LogP contribution in [0, 0.1) is 0 Å². The Morgan fingerprint density at radius 3 is 2.14 bits per heavy atom. The molecule has 0 unspecified atom stereocenters. The summed E-state index contributed by atoms with van der Waals surface area (Å²) in [4.78, 5) is 0.979. The summed E-state index contributed by atoms with van der Waals surface area (Å²) < 4.78 is 79.6. The fourth-order valence-electron chi connectivity index (χ4n) is 2.56. The van der Waals surface area contributed by atoms with Crippen molar-refractivity contribution in [2.75, 3.05) is 26.2 Å². The number of nitrogens with one attached hydrogen (secondary N) is 1. The van der Waals surface area contributed by atoms with Crippen molar-refractivity contribution in [1.29, 1.82) is 0 Å². The fraction of sp³-hybridized carbons (Fsp3) is 0.538. The first kappa shape index (κ1) is 17.4. The molecule has 2 rings (SSSR count). The van der Waals surface area contributed by atoms with Gasteiger partial charge in [0.1, 0.15) is 6.04 Å². The first-order chi connectivity index (χ1) is 10.1. The molecule has 2 nitrogen and oxygen atoms in total. The molecule has 22 heavy (non-hydrogen) atoms. The Balaban J connectivity index is 2.57. The topological polar surface area (TPSA) is 15.3 Å². The molecule has 1 fully saturated rings. The minimum Gasteiger partial charge on any atom is -0.314 e. The molecule has 1 aliphatic heterocycles. The van der Waals surface area contributed by atoms with Crippen LogP contribution in [0.5, 0.6) is 0 Å².